The Bertz CT molecular complexity index is 373. The fourth-order valence-electron chi connectivity index (χ4n) is 1.68. The number of hydrogen-bond acceptors (Lipinski definition) is 3. The molecule has 0 spiro atoms. The summed E-state index contributed by atoms with van der Waals surface area (Å²) in [5.41, 5.74) is 0.837. The van der Waals surface area contributed by atoms with Crippen LogP contribution in [0, 0.1) is 0 Å². The minimum atomic E-state index is -0.519. The lowest BCUT2D eigenvalue weighted by Gasteiger charge is -2.12. The Morgan fingerprint density at radius 1 is 1.31 bits per heavy atom. The summed E-state index contributed by atoms with van der Waals surface area (Å²) in [6.45, 7) is 4.96. The molecule has 86 valence electrons. The van der Waals surface area contributed by atoms with Crippen molar-refractivity contribution in [3.63, 3.8) is 0 Å². The summed E-state index contributed by atoms with van der Waals surface area (Å²) in [5.74, 6) is 1.48. The second kappa shape index (κ2) is 5.03. The van der Waals surface area contributed by atoms with Crippen LogP contribution in [-0.2, 0) is 0 Å². The Kier molecular flexibility index (Phi) is 3.47. The summed E-state index contributed by atoms with van der Waals surface area (Å²) in [7, 11) is 0. The van der Waals surface area contributed by atoms with Crippen molar-refractivity contribution in [3.05, 3.63) is 36.4 Å². The molecule has 1 aliphatic rings. The molecular weight excluding hydrogens is 204 g/mol. The largest absolute Gasteiger partial charge is 0.490 e. The molecule has 2 rings (SSSR count). The van der Waals surface area contributed by atoms with Crippen LogP contribution in [0.5, 0.6) is 11.5 Å². The number of hydrogen-bond donors (Lipinski definition) is 1. The smallest absolute Gasteiger partial charge is 0.161 e. The number of rotatable bonds is 3. The van der Waals surface area contributed by atoms with Crippen LogP contribution in [0.2, 0.25) is 0 Å². The molecule has 1 aliphatic heterocycles. The second-order valence-electron chi connectivity index (χ2n) is 3.80. The van der Waals surface area contributed by atoms with Gasteiger partial charge in [0.15, 0.2) is 11.5 Å². The van der Waals surface area contributed by atoms with Crippen LogP contribution < -0.4 is 9.47 Å². The molecule has 0 saturated carbocycles. The third-order valence-electron chi connectivity index (χ3n) is 2.55. The van der Waals surface area contributed by atoms with Gasteiger partial charge in [-0.25, -0.2) is 0 Å². The fourth-order valence-corrected chi connectivity index (χ4v) is 1.68. The van der Waals surface area contributed by atoms with E-state index in [1.165, 1.54) is 0 Å². The van der Waals surface area contributed by atoms with Gasteiger partial charge in [0.25, 0.3) is 0 Å². The molecule has 1 aromatic rings. The van der Waals surface area contributed by atoms with Gasteiger partial charge in [-0.1, -0.05) is 12.1 Å². The normalized spacial score (nSPS) is 16.3. The average molecular weight is 220 g/mol. The second-order valence-corrected chi connectivity index (χ2v) is 3.80. The van der Waals surface area contributed by atoms with Crippen LogP contribution in [0.4, 0.5) is 0 Å². The Balaban J connectivity index is 2.23. The predicted molar refractivity (Wildman–Crippen MR) is 61.8 cm³/mol. The van der Waals surface area contributed by atoms with Crippen molar-refractivity contribution in [1.82, 2.24) is 0 Å². The molecule has 3 nitrogen and oxygen atoms in total. The molecule has 1 unspecified atom stereocenters. The molecule has 0 bridgehead atoms. The summed E-state index contributed by atoms with van der Waals surface area (Å²) < 4.78 is 11.1. The van der Waals surface area contributed by atoms with Crippen molar-refractivity contribution in [1.29, 1.82) is 0 Å². The molecule has 0 aliphatic carbocycles. The number of benzene rings is 1. The molecule has 0 aromatic heterocycles. The first-order chi connectivity index (χ1) is 7.81. The molecular formula is C13H16O3. The van der Waals surface area contributed by atoms with E-state index in [9.17, 15) is 5.11 Å². The van der Waals surface area contributed by atoms with E-state index in [1.54, 1.807) is 6.08 Å². The molecule has 1 atom stereocenters. The Hall–Kier alpha value is -1.48. The summed E-state index contributed by atoms with van der Waals surface area (Å²) in [4.78, 5) is 0. The first-order valence-electron chi connectivity index (χ1n) is 5.50. The maximum absolute atomic E-state index is 9.82. The van der Waals surface area contributed by atoms with Gasteiger partial charge in [0.05, 0.1) is 19.3 Å². The van der Waals surface area contributed by atoms with Gasteiger partial charge in [-0.2, -0.15) is 0 Å². The maximum Gasteiger partial charge on any atom is 0.161 e. The lowest BCUT2D eigenvalue weighted by molar-refractivity contribution is 0.181. The highest BCUT2D eigenvalue weighted by Gasteiger charge is 2.13. The van der Waals surface area contributed by atoms with Crippen LogP contribution in [0.1, 0.15) is 24.5 Å². The zero-order valence-electron chi connectivity index (χ0n) is 9.19. The lowest BCUT2D eigenvalue weighted by atomic mass is 10.1. The molecule has 16 heavy (non-hydrogen) atoms. The van der Waals surface area contributed by atoms with Crippen molar-refractivity contribution in [2.75, 3.05) is 13.2 Å². The standard InChI is InChI=1S/C13H16O3/c1-2-4-11(14)10-5-6-12-13(9-10)16-8-3-7-15-12/h2,5-6,9,11,14H,1,3-4,7-8H2. The van der Waals surface area contributed by atoms with Crippen LogP contribution in [0.25, 0.3) is 0 Å². The van der Waals surface area contributed by atoms with Gasteiger partial charge in [-0.05, 0) is 24.1 Å². The van der Waals surface area contributed by atoms with Gasteiger partial charge < -0.3 is 14.6 Å². The third kappa shape index (κ3) is 2.36. The first-order valence-corrected chi connectivity index (χ1v) is 5.50. The van der Waals surface area contributed by atoms with E-state index >= 15 is 0 Å². The first kappa shape index (κ1) is 11.0. The molecule has 0 amide bonds. The maximum atomic E-state index is 9.82. The zero-order chi connectivity index (χ0) is 11.4. The van der Waals surface area contributed by atoms with Gasteiger partial charge in [-0.3, -0.25) is 0 Å². The number of aliphatic hydroxyl groups is 1. The van der Waals surface area contributed by atoms with E-state index in [-0.39, 0.29) is 0 Å². The summed E-state index contributed by atoms with van der Waals surface area (Å²) >= 11 is 0. The molecule has 3 heteroatoms. The molecule has 0 saturated heterocycles. The molecule has 1 N–H and O–H groups in total. The molecule has 0 fully saturated rings. The minimum Gasteiger partial charge on any atom is -0.490 e. The predicted octanol–water partition coefficient (Wildman–Crippen LogP) is 2.46. The lowest BCUT2D eigenvalue weighted by Crippen LogP contribution is -1.98. The summed E-state index contributed by atoms with van der Waals surface area (Å²) in [6, 6.07) is 5.55. The van der Waals surface area contributed by atoms with Crippen molar-refractivity contribution >= 4 is 0 Å². The highest BCUT2D eigenvalue weighted by Crippen LogP contribution is 2.32. The van der Waals surface area contributed by atoms with E-state index in [4.69, 9.17) is 9.47 Å². The van der Waals surface area contributed by atoms with Gasteiger partial charge in [0.1, 0.15) is 0 Å². The van der Waals surface area contributed by atoms with Crippen molar-refractivity contribution in [3.8, 4) is 11.5 Å². The van der Waals surface area contributed by atoms with Crippen molar-refractivity contribution in [2.24, 2.45) is 0 Å². The van der Waals surface area contributed by atoms with Gasteiger partial charge in [0, 0.05) is 6.42 Å². The highest BCUT2D eigenvalue weighted by molar-refractivity contribution is 5.44. The number of ether oxygens (including phenoxy) is 2. The van der Waals surface area contributed by atoms with Gasteiger partial charge >= 0.3 is 0 Å². The van der Waals surface area contributed by atoms with Crippen LogP contribution in [0.15, 0.2) is 30.9 Å². The van der Waals surface area contributed by atoms with E-state index in [2.05, 4.69) is 6.58 Å². The average Bonchev–Trinajstić information content (AvgIpc) is 2.53. The number of fused-ring (bicyclic) bond motifs is 1. The van der Waals surface area contributed by atoms with E-state index in [0.29, 0.717) is 19.6 Å². The van der Waals surface area contributed by atoms with Gasteiger partial charge in [0.2, 0.25) is 0 Å². The summed E-state index contributed by atoms with van der Waals surface area (Å²) in [5, 5.41) is 9.82. The van der Waals surface area contributed by atoms with Gasteiger partial charge in [-0.15, -0.1) is 6.58 Å². The monoisotopic (exact) mass is 220 g/mol. The quantitative estimate of drug-likeness (QED) is 0.795. The van der Waals surface area contributed by atoms with Crippen LogP contribution in [0.3, 0.4) is 0 Å². The number of aliphatic hydroxyl groups excluding tert-OH is 1. The minimum absolute atomic E-state index is 0.519. The Labute approximate surface area is 95.3 Å². The highest BCUT2D eigenvalue weighted by atomic mass is 16.5. The molecule has 1 aromatic carbocycles. The third-order valence-corrected chi connectivity index (χ3v) is 2.55. The molecule has 0 radical (unpaired) electrons. The van der Waals surface area contributed by atoms with E-state index in [1.807, 2.05) is 18.2 Å². The zero-order valence-corrected chi connectivity index (χ0v) is 9.19. The van der Waals surface area contributed by atoms with Crippen molar-refractivity contribution < 1.29 is 14.6 Å². The van der Waals surface area contributed by atoms with Crippen LogP contribution >= 0.6 is 0 Å². The van der Waals surface area contributed by atoms with Crippen molar-refractivity contribution in [2.45, 2.75) is 18.9 Å². The Morgan fingerprint density at radius 3 is 2.81 bits per heavy atom. The summed E-state index contributed by atoms with van der Waals surface area (Å²) in [6.07, 6.45) is 2.61. The topological polar surface area (TPSA) is 38.7 Å². The fraction of sp³-hybridized carbons (Fsp3) is 0.385. The molecule has 1 heterocycles. The van der Waals surface area contributed by atoms with E-state index in [0.717, 1.165) is 23.5 Å². The van der Waals surface area contributed by atoms with E-state index < -0.39 is 6.10 Å². The Morgan fingerprint density at radius 2 is 2.06 bits per heavy atom. The van der Waals surface area contributed by atoms with Crippen LogP contribution in [-0.4, -0.2) is 18.3 Å². The SMILES string of the molecule is C=CCC(O)c1ccc2c(c1)OCCCO2.